The van der Waals surface area contributed by atoms with Gasteiger partial charge < -0.3 is 9.80 Å². The molecule has 1 fully saturated rings. The lowest BCUT2D eigenvalue weighted by molar-refractivity contribution is -0.131. The molecule has 1 amide bonds. The minimum Gasteiger partial charge on any atom is -0.368 e. The fourth-order valence-electron chi connectivity index (χ4n) is 3.03. The van der Waals surface area contributed by atoms with Gasteiger partial charge >= 0.3 is 0 Å². The van der Waals surface area contributed by atoms with Crippen LogP contribution in [-0.4, -0.2) is 51.9 Å². The zero-order valence-electron chi connectivity index (χ0n) is 15.1. The van der Waals surface area contributed by atoms with Crippen LogP contribution in [0.25, 0.3) is 0 Å². The lowest BCUT2D eigenvalue weighted by atomic mass is 10.2. The maximum atomic E-state index is 12.9. The summed E-state index contributed by atoms with van der Waals surface area (Å²) in [6.07, 6.45) is 0.0671. The second-order valence-corrected chi connectivity index (χ2v) is 8.65. The Hall–Kier alpha value is -2.16. The van der Waals surface area contributed by atoms with Crippen molar-refractivity contribution >= 4 is 33.2 Å². The Kier molecular flexibility index (Phi) is 6.53. The van der Waals surface area contributed by atoms with Crippen LogP contribution >= 0.6 is 11.6 Å². The molecular formula is C19H21ClFN3O3S. The van der Waals surface area contributed by atoms with E-state index in [1.165, 1.54) is 12.1 Å². The third-order valence-corrected chi connectivity index (χ3v) is 6.27. The van der Waals surface area contributed by atoms with Gasteiger partial charge in [-0.25, -0.2) is 17.5 Å². The van der Waals surface area contributed by atoms with Gasteiger partial charge in [0.25, 0.3) is 0 Å². The van der Waals surface area contributed by atoms with Gasteiger partial charge in [-0.15, -0.1) is 0 Å². The Morgan fingerprint density at radius 1 is 1.07 bits per heavy atom. The van der Waals surface area contributed by atoms with Gasteiger partial charge in [-0.2, -0.15) is 0 Å². The van der Waals surface area contributed by atoms with Gasteiger partial charge in [-0.3, -0.25) is 4.79 Å². The van der Waals surface area contributed by atoms with Crippen LogP contribution in [0.5, 0.6) is 0 Å². The number of piperazine rings is 1. The average Bonchev–Trinajstić information content (AvgIpc) is 2.68. The topological polar surface area (TPSA) is 69.7 Å². The summed E-state index contributed by atoms with van der Waals surface area (Å²) in [5.74, 6) is -0.612. The van der Waals surface area contributed by atoms with Gasteiger partial charge in [0.2, 0.25) is 15.9 Å². The summed E-state index contributed by atoms with van der Waals surface area (Å²) in [6.45, 7) is 2.50. The molecule has 0 saturated carbocycles. The Labute approximate surface area is 168 Å². The molecule has 2 aromatic carbocycles. The molecule has 0 radical (unpaired) electrons. The Morgan fingerprint density at radius 2 is 1.75 bits per heavy atom. The normalized spacial score (nSPS) is 14.9. The van der Waals surface area contributed by atoms with Crippen LogP contribution in [0.3, 0.4) is 0 Å². The number of nitrogens with zero attached hydrogens (tertiary/aromatic N) is 2. The molecule has 6 nitrogen and oxygen atoms in total. The average molecular weight is 426 g/mol. The minimum atomic E-state index is -3.76. The molecule has 0 unspecified atom stereocenters. The zero-order valence-corrected chi connectivity index (χ0v) is 16.7. The van der Waals surface area contributed by atoms with Crippen molar-refractivity contribution in [1.82, 2.24) is 9.62 Å². The molecule has 0 aliphatic carbocycles. The van der Waals surface area contributed by atoms with Gasteiger partial charge in [0.1, 0.15) is 5.82 Å². The number of carbonyl (C=O) groups is 1. The van der Waals surface area contributed by atoms with E-state index in [4.69, 9.17) is 11.6 Å². The van der Waals surface area contributed by atoms with E-state index in [0.717, 1.165) is 17.8 Å². The van der Waals surface area contributed by atoms with E-state index in [1.807, 2.05) is 24.3 Å². The molecule has 0 aromatic heterocycles. The van der Waals surface area contributed by atoms with E-state index >= 15 is 0 Å². The van der Waals surface area contributed by atoms with Crippen molar-refractivity contribution in [3.05, 3.63) is 59.4 Å². The van der Waals surface area contributed by atoms with Gasteiger partial charge in [0, 0.05) is 49.9 Å². The highest BCUT2D eigenvalue weighted by Gasteiger charge is 2.22. The predicted molar refractivity (Wildman–Crippen MR) is 106 cm³/mol. The summed E-state index contributed by atoms with van der Waals surface area (Å²) in [5.41, 5.74) is 1.02. The summed E-state index contributed by atoms with van der Waals surface area (Å²) < 4.78 is 39.6. The van der Waals surface area contributed by atoms with Crippen LogP contribution in [0, 0.1) is 5.82 Å². The summed E-state index contributed by atoms with van der Waals surface area (Å²) in [4.78, 5) is 16.2. The molecule has 0 bridgehead atoms. The fourth-order valence-corrected chi connectivity index (χ4v) is 4.25. The molecule has 1 heterocycles. The predicted octanol–water partition coefficient (Wildman–Crippen LogP) is 2.50. The lowest BCUT2D eigenvalue weighted by Crippen LogP contribution is -2.49. The highest BCUT2D eigenvalue weighted by atomic mass is 35.5. The summed E-state index contributed by atoms with van der Waals surface area (Å²) >= 11 is 6.02. The monoisotopic (exact) mass is 425 g/mol. The number of benzene rings is 2. The number of hydrogen-bond donors (Lipinski definition) is 1. The summed E-state index contributed by atoms with van der Waals surface area (Å²) in [6, 6.07) is 12.1. The minimum absolute atomic E-state index is 0.00689. The van der Waals surface area contributed by atoms with Gasteiger partial charge in [0.15, 0.2) is 0 Å². The van der Waals surface area contributed by atoms with Crippen LogP contribution in [-0.2, 0) is 14.8 Å². The molecule has 28 heavy (non-hydrogen) atoms. The van der Waals surface area contributed by atoms with Gasteiger partial charge in [0.05, 0.1) is 4.90 Å². The van der Waals surface area contributed by atoms with E-state index in [9.17, 15) is 17.6 Å². The van der Waals surface area contributed by atoms with Crippen molar-refractivity contribution in [2.75, 3.05) is 37.6 Å². The third kappa shape index (κ3) is 5.21. The van der Waals surface area contributed by atoms with Crippen molar-refractivity contribution in [3.63, 3.8) is 0 Å². The van der Waals surface area contributed by atoms with E-state index in [2.05, 4.69) is 9.62 Å². The van der Waals surface area contributed by atoms with Gasteiger partial charge in [-0.1, -0.05) is 17.7 Å². The number of sulfonamides is 1. The molecule has 2 aromatic rings. The first-order valence-corrected chi connectivity index (χ1v) is 10.7. The van der Waals surface area contributed by atoms with Crippen LogP contribution in [0.4, 0.5) is 10.1 Å². The first-order chi connectivity index (χ1) is 13.3. The number of rotatable bonds is 6. The highest BCUT2D eigenvalue weighted by molar-refractivity contribution is 7.89. The smallest absolute Gasteiger partial charge is 0.240 e. The maximum Gasteiger partial charge on any atom is 0.240 e. The maximum absolute atomic E-state index is 12.9. The first kappa shape index (κ1) is 20.6. The Balaban J connectivity index is 1.46. The van der Waals surface area contributed by atoms with Gasteiger partial charge in [-0.05, 0) is 42.5 Å². The SMILES string of the molecule is O=C(CCNS(=O)(=O)c1ccc(F)cc1)N1CCN(c2cccc(Cl)c2)CC1. The van der Waals surface area contributed by atoms with E-state index in [-0.39, 0.29) is 23.8 Å². The Bertz CT molecular complexity index is 930. The molecular weight excluding hydrogens is 405 g/mol. The molecule has 1 aliphatic rings. The van der Waals surface area contributed by atoms with Crippen molar-refractivity contribution in [1.29, 1.82) is 0 Å². The first-order valence-electron chi connectivity index (χ1n) is 8.89. The molecule has 1 saturated heterocycles. The molecule has 150 valence electrons. The zero-order chi connectivity index (χ0) is 20.1. The number of carbonyl (C=O) groups excluding carboxylic acids is 1. The standard InChI is InChI=1S/C19H21ClFN3O3S/c20-15-2-1-3-17(14-15)23-10-12-24(13-11-23)19(25)8-9-22-28(26,27)18-6-4-16(21)5-7-18/h1-7,14,22H,8-13H2. The molecule has 3 rings (SSSR count). The third-order valence-electron chi connectivity index (χ3n) is 4.56. The Morgan fingerprint density at radius 3 is 2.39 bits per heavy atom. The van der Waals surface area contributed by atoms with Crippen LogP contribution in [0.15, 0.2) is 53.4 Å². The summed E-state index contributed by atoms with van der Waals surface area (Å²) in [5, 5.41) is 0.671. The fraction of sp³-hybridized carbons (Fsp3) is 0.316. The van der Waals surface area contributed by atoms with Crippen LogP contribution < -0.4 is 9.62 Å². The quantitative estimate of drug-likeness (QED) is 0.772. The van der Waals surface area contributed by atoms with Crippen LogP contribution in [0.2, 0.25) is 5.02 Å². The second kappa shape index (κ2) is 8.89. The number of anilines is 1. The number of amides is 1. The largest absolute Gasteiger partial charge is 0.368 e. The van der Waals surface area contributed by atoms with Crippen molar-refractivity contribution in [3.8, 4) is 0 Å². The second-order valence-electron chi connectivity index (χ2n) is 6.45. The molecule has 9 heteroatoms. The molecule has 1 N–H and O–H groups in total. The van der Waals surface area contributed by atoms with Crippen molar-refractivity contribution < 1.29 is 17.6 Å². The van der Waals surface area contributed by atoms with Crippen LogP contribution in [0.1, 0.15) is 6.42 Å². The molecule has 0 atom stereocenters. The van der Waals surface area contributed by atoms with E-state index in [1.54, 1.807) is 4.90 Å². The molecule has 0 spiro atoms. The van der Waals surface area contributed by atoms with Crippen molar-refractivity contribution in [2.24, 2.45) is 0 Å². The van der Waals surface area contributed by atoms with Crippen molar-refractivity contribution in [2.45, 2.75) is 11.3 Å². The lowest BCUT2D eigenvalue weighted by Gasteiger charge is -2.36. The summed E-state index contributed by atoms with van der Waals surface area (Å²) in [7, 11) is -3.76. The molecule has 1 aliphatic heterocycles. The van der Waals surface area contributed by atoms with E-state index in [0.29, 0.717) is 31.2 Å². The number of nitrogens with one attached hydrogen (secondary N) is 1. The number of halogens is 2. The number of hydrogen-bond acceptors (Lipinski definition) is 4. The highest BCUT2D eigenvalue weighted by Crippen LogP contribution is 2.21. The van der Waals surface area contributed by atoms with E-state index < -0.39 is 15.8 Å².